The number of anilines is 1. The van der Waals surface area contributed by atoms with Crippen molar-refractivity contribution in [1.29, 1.82) is 0 Å². The Morgan fingerprint density at radius 3 is 2.30 bits per heavy atom. The normalized spacial score (nSPS) is 11.0. The molecule has 3 aromatic carbocycles. The molecule has 0 aliphatic rings. The highest BCUT2D eigenvalue weighted by atomic mass is 79.9. The Labute approximate surface area is 207 Å². The molecule has 10 heteroatoms. The van der Waals surface area contributed by atoms with Crippen LogP contribution in [0.3, 0.4) is 0 Å². The number of hydrogen-bond donors (Lipinski definition) is 2. The average molecular weight is 549 g/mol. The van der Waals surface area contributed by atoms with Crippen molar-refractivity contribution in [2.45, 2.75) is 6.92 Å². The van der Waals surface area contributed by atoms with Gasteiger partial charge in [-0.25, -0.2) is 10.2 Å². The summed E-state index contributed by atoms with van der Waals surface area (Å²) in [5.41, 5.74) is 3.87. The predicted octanol–water partition coefficient (Wildman–Crippen LogP) is 5.45. The van der Waals surface area contributed by atoms with Crippen LogP contribution in [-0.4, -0.2) is 23.5 Å². The van der Waals surface area contributed by atoms with Crippen molar-refractivity contribution < 1.29 is 19.1 Å². The van der Waals surface area contributed by atoms with Crippen molar-refractivity contribution in [3.05, 3.63) is 92.4 Å². The van der Waals surface area contributed by atoms with Crippen LogP contribution in [-0.2, 0) is 9.59 Å². The highest BCUT2D eigenvalue weighted by Gasteiger charge is 2.16. The SMILES string of the molecule is CC(=NNC(=O)C(=O)Nc1cccc(Cl)c1Cl)c1ccc(OC(=O)c2ccccc2Br)cc1. The van der Waals surface area contributed by atoms with Gasteiger partial charge in [0, 0.05) is 4.47 Å². The van der Waals surface area contributed by atoms with E-state index >= 15 is 0 Å². The zero-order valence-corrected chi connectivity index (χ0v) is 20.2. The van der Waals surface area contributed by atoms with E-state index in [0.29, 0.717) is 27.1 Å². The van der Waals surface area contributed by atoms with E-state index in [0.717, 1.165) is 0 Å². The van der Waals surface area contributed by atoms with Crippen molar-refractivity contribution in [1.82, 2.24) is 5.43 Å². The number of esters is 1. The fraction of sp³-hybridized carbons (Fsp3) is 0.0435. The number of ether oxygens (including phenoxy) is 1. The van der Waals surface area contributed by atoms with Gasteiger partial charge in [-0.1, -0.05) is 41.4 Å². The summed E-state index contributed by atoms with van der Waals surface area (Å²) in [6.45, 7) is 1.65. The van der Waals surface area contributed by atoms with Crippen LogP contribution in [0, 0.1) is 0 Å². The maximum absolute atomic E-state index is 12.3. The van der Waals surface area contributed by atoms with E-state index in [-0.39, 0.29) is 15.7 Å². The molecule has 33 heavy (non-hydrogen) atoms. The molecule has 0 unspecified atom stereocenters. The summed E-state index contributed by atoms with van der Waals surface area (Å²) in [6, 6.07) is 18.1. The fourth-order valence-corrected chi connectivity index (χ4v) is 3.38. The van der Waals surface area contributed by atoms with Gasteiger partial charge in [0.2, 0.25) is 0 Å². The van der Waals surface area contributed by atoms with Gasteiger partial charge in [-0.3, -0.25) is 9.59 Å². The molecule has 0 bridgehead atoms. The summed E-state index contributed by atoms with van der Waals surface area (Å²) in [5, 5.41) is 6.67. The van der Waals surface area contributed by atoms with Crippen LogP contribution in [0.1, 0.15) is 22.8 Å². The van der Waals surface area contributed by atoms with Crippen LogP contribution >= 0.6 is 39.1 Å². The quantitative estimate of drug-likeness (QED) is 0.145. The Bertz CT molecular complexity index is 1250. The molecular weight excluding hydrogens is 533 g/mol. The highest BCUT2D eigenvalue weighted by molar-refractivity contribution is 9.10. The molecule has 0 aromatic heterocycles. The predicted molar refractivity (Wildman–Crippen MR) is 131 cm³/mol. The molecule has 0 atom stereocenters. The third-order valence-corrected chi connectivity index (χ3v) is 5.82. The van der Waals surface area contributed by atoms with Crippen LogP contribution in [0.2, 0.25) is 10.0 Å². The number of nitrogens with zero attached hydrogens (tertiary/aromatic N) is 1. The topological polar surface area (TPSA) is 96.9 Å². The van der Waals surface area contributed by atoms with Crippen molar-refractivity contribution >= 4 is 68.3 Å². The minimum absolute atomic E-state index is 0.125. The van der Waals surface area contributed by atoms with Crippen LogP contribution in [0.15, 0.2) is 76.3 Å². The Hall–Kier alpha value is -3.20. The van der Waals surface area contributed by atoms with Gasteiger partial charge in [0.05, 0.1) is 27.0 Å². The minimum atomic E-state index is -0.982. The molecule has 3 rings (SSSR count). The molecule has 0 aliphatic heterocycles. The highest BCUT2D eigenvalue weighted by Crippen LogP contribution is 2.29. The lowest BCUT2D eigenvalue weighted by atomic mass is 10.1. The Morgan fingerprint density at radius 1 is 0.909 bits per heavy atom. The van der Waals surface area contributed by atoms with Crippen LogP contribution in [0.4, 0.5) is 5.69 Å². The monoisotopic (exact) mass is 547 g/mol. The molecule has 7 nitrogen and oxygen atoms in total. The molecule has 0 aliphatic carbocycles. The molecule has 0 saturated heterocycles. The van der Waals surface area contributed by atoms with E-state index in [1.165, 1.54) is 6.07 Å². The minimum Gasteiger partial charge on any atom is -0.423 e. The largest absolute Gasteiger partial charge is 0.423 e. The second kappa shape index (κ2) is 11.1. The van der Waals surface area contributed by atoms with E-state index in [1.54, 1.807) is 67.6 Å². The summed E-state index contributed by atoms with van der Waals surface area (Å²) in [6.07, 6.45) is 0. The molecule has 0 radical (unpaired) electrons. The van der Waals surface area contributed by atoms with Crippen molar-refractivity contribution in [3.8, 4) is 5.75 Å². The molecule has 0 saturated carbocycles. The summed E-state index contributed by atoms with van der Waals surface area (Å²) < 4.78 is 6.00. The van der Waals surface area contributed by atoms with Crippen LogP contribution in [0.5, 0.6) is 5.75 Å². The van der Waals surface area contributed by atoms with Gasteiger partial charge in [0.1, 0.15) is 5.75 Å². The third kappa shape index (κ3) is 6.41. The summed E-state index contributed by atoms with van der Waals surface area (Å²) in [4.78, 5) is 36.4. The van der Waals surface area contributed by atoms with Gasteiger partial charge >= 0.3 is 17.8 Å². The first-order valence-corrected chi connectivity index (χ1v) is 11.0. The number of hydrogen-bond acceptors (Lipinski definition) is 5. The molecule has 0 spiro atoms. The number of nitrogens with one attached hydrogen (secondary N) is 2. The number of carbonyl (C=O) groups is 3. The molecular formula is C23H16BrCl2N3O4. The van der Waals surface area contributed by atoms with Crippen LogP contribution in [0.25, 0.3) is 0 Å². The third-order valence-electron chi connectivity index (χ3n) is 4.31. The van der Waals surface area contributed by atoms with Crippen molar-refractivity contribution in [3.63, 3.8) is 0 Å². The number of carbonyl (C=O) groups excluding carboxylic acids is 3. The van der Waals surface area contributed by atoms with Gasteiger partial charge in [-0.2, -0.15) is 5.10 Å². The Kier molecular flexibility index (Phi) is 8.21. The smallest absolute Gasteiger partial charge is 0.344 e. The lowest BCUT2D eigenvalue weighted by Gasteiger charge is -2.08. The summed E-state index contributed by atoms with van der Waals surface area (Å²) in [5.74, 6) is -2.10. The second-order valence-corrected chi connectivity index (χ2v) is 8.23. The first-order chi connectivity index (χ1) is 15.8. The lowest BCUT2D eigenvalue weighted by molar-refractivity contribution is -0.136. The molecule has 2 N–H and O–H groups in total. The summed E-state index contributed by atoms with van der Waals surface area (Å²) >= 11 is 15.2. The first-order valence-electron chi connectivity index (χ1n) is 9.43. The van der Waals surface area contributed by atoms with Gasteiger partial charge < -0.3 is 10.1 Å². The standard InChI is InChI=1S/C23H16BrCl2N3O4/c1-13(28-29-22(31)21(30)27-19-8-4-7-18(25)20(19)26)14-9-11-15(12-10-14)33-23(32)16-5-2-3-6-17(16)24/h2-12H,1H3,(H,27,30)(H,29,31). The fourth-order valence-electron chi connectivity index (χ4n) is 2.58. The van der Waals surface area contributed by atoms with Gasteiger partial charge in [-0.05, 0) is 76.9 Å². The van der Waals surface area contributed by atoms with E-state index in [2.05, 4.69) is 31.8 Å². The Balaban J connectivity index is 1.59. The van der Waals surface area contributed by atoms with Crippen molar-refractivity contribution in [2.24, 2.45) is 5.10 Å². The zero-order valence-electron chi connectivity index (χ0n) is 17.1. The maximum atomic E-state index is 12.3. The first kappa shape index (κ1) is 24.4. The van der Waals surface area contributed by atoms with Gasteiger partial charge in [0.15, 0.2) is 0 Å². The molecule has 168 valence electrons. The molecule has 0 fully saturated rings. The number of benzene rings is 3. The molecule has 3 aromatic rings. The Morgan fingerprint density at radius 2 is 1.61 bits per heavy atom. The molecule has 2 amide bonds. The van der Waals surface area contributed by atoms with E-state index in [9.17, 15) is 14.4 Å². The number of amides is 2. The van der Waals surface area contributed by atoms with Gasteiger partial charge in [0.25, 0.3) is 0 Å². The number of halogens is 3. The van der Waals surface area contributed by atoms with Crippen molar-refractivity contribution in [2.75, 3.05) is 5.32 Å². The van der Waals surface area contributed by atoms with Gasteiger partial charge in [-0.15, -0.1) is 0 Å². The number of rotatable bonds is 5. The number of hydrazone groups is 1. The summed E-state index contributed by atoms with van der Waals surface area (Å²) in [7, 11) is 0. The average Bonchev–Trinajstić information content (AvgIpc) is 2.80. The van der Waals surface area contributed by atoms with E-state index < -0.39 is 17.8 Å². The zero-order chi connectivity index (χ0) is 24.0. The second-order valence-electron chi connectivity index (χ2n) is 6.59. The molecule has 0 heterocycles. The lowest BCUT2D eigenvalue weighted by Crippen LogP contribution is -2.33. The maximum Gasteiger partial charge on any atom is 0.344 e. The van der Waals surface area contributed by atoms with E-state index in [4.69, 9.17) is 27.9 Å². The van der Waals surface area contributed by atoms with Crippen LogP contribution < -0.4 is 15.5 Å². The van der Waals surface area contributed by atoms with E-state index in [1.807, 2.05) is 0 Å².